The molecule has 2 aromatic carbocycles. The first kappa shape index (κ1) is 26.6. The van der Waals surface area contributed by atoms with Gasteiger partial charge in [0.1, 0.15) is 0 Å². The fraction of sp³-hybridized carbons (Fsp3) is 0.538. The number of halogens is 3. The maximum absolute atomic E-state index is 6.18. The zero-order valence-electron chi connectivity index (χ0n) is 19.0. The third-order valence-corrected chi connectivity index (χ3v) is 10.8. The summed E-state index contributed by atoms with van der Waals surface area (Å²) in [5.41, 5.74) is 3.19. The Labute approximate surface area is 218 Å². The number of likely N-dealkylation sites (N-methyl/N-ethyl adjacent to an activating group) is 1. The van der Waals surface area contributed by atoms with Gasteiger partial charge in [-0.25, -0.2) is 0 Å². The van der Waals surface area contributed by atoms with Gasteiger partial charge in [0.2, 0.25) is 0 Å². The van der Waals surface area contributed by atoms with Crippen molar-refractivity contribution in [1.29, 1.82) is 0 Å². The summed E-state index contributed by atoms with van der Waals surface area (Å²) in [6.45, 7) is 4.69. The molecule has 6 heteroatoms. The maximum atomic E-state index is 6.18. The van der Waals surface area contributed by atoms with Crippen LogP contribution >= 0.6 is 59.1 Å². The summed E-state index contributed by atoms with van der Waals surface area (Å²) in [5.74, 6) is 3.12. The van der Waals surface area contributed by atoms with E-state index in [1.54, 1.807) is 0 Å². The number of benzene rings is 2. The smallest absolute Gasteiger partial charge is 0.0863 e. The standard InChI is InChI=1S/C26H33Cl2NS2.ClH/c1-20(17-26(30-15-4-16-31-26)22-7-11-24(28)12-8-22)18-29(2)19-25(13-3-14-25)21-5-9-23(27)10-6-21;/h5-12,20H,3-4,13-19H2,1-2H3;1H. The van der Waals surface area contributed by atoms with E-state index in [4.69, 9.17) is 23.2 Å². The lowest BCUT2D eigenvalue weighted by Gasteiger charge is -2.46. The second-order valence-corrected chi connectivity index (χ2v) is 13.4. The molecule has 1 saturated heterocycles. The van der Waals surface area contributed by atoms with Crippen molar-refractivity contribution in [1.82, 2.24) is 4.90 Å². The van der Waals surface area contributed by atoms with Gasteiger partial charge in [0.05, 0.1) is 4.08 Å². The third-order valence-electron chi connectivity index (χ3n) is 6.82. The number of nitrogens with zero attached hydrogens (tertiary/aromatic N) is 1. The Hall–Kier alpha value is -0.0300. The Bertz CT molecular complexity index is 846. The number of hydrogen-bond donors (Lipinski definition) is 0. The topological polar surface area (TPSA) is 3.24 Å². The van der Waals surface area contributed by atoms with E-state index in [9.17, 15) is 0 Å². The molecule has 2 aliphatic rings. The first-order chi connectivity index (χ1) is 14.9. The number of thioether (sulfide) groups is 2. The highest BCUT2D eigenvalue weighted by atomic mass is 35.5. The van der Waals surface area contributed by atoms with Crippen LogP contribution in [0.1, 0.15) is 50.2 Å². The monoisotopic (exact) mass is 529 g/mol. The average molecular weight is 531 g/mol. The third kappa shape index (κ3) is 6.15. The number of rotatable bonds is 8. The molecule has 1 unspecified atom stereocenters. The summed E-state index contributed by atoms with van der Waals surface area (Å²) < 4.78 is 0.160. The van der Waals surface area contributed by atoms with Crippen LogP contribution in [0.5, 0.6) is 0 Å². The molecule has 0 N–H and O–H groups in total. The second kappa shape index (κ2) is 11.6. The van der Waals surface area contributed by atoms with Gasteiger partial charge in [0.25, 0.3) is 0 Å². The molecule has 0 aromatic heterocycles. The molecule has 4 rings (SSSR count). The van der Waals surface area contributed by atoms with E-state index in [1.807, 2.05) is 12.1 Å². The summed E-state index contributed by atoms with van der Waals surface area (Å²) in [6.07, 6.45) is 6.41. The highest BCUT2D eigenvalue weighted by Crippen LogP contribution is 2.54. The van der Waals surface area contributed by atoms with Crippen LogP contribution in [-0.4, -0.2) is 36.5 Å². The summed E-state index contributed by atoms with van der Waals surface area (Å²) in [4.78, 5) is 2.58. The molecular formula is C26H34Cl3NS2. The summed E-state index contributed by atoms with van der Waals surface area (Å²) >= 11 is 16.6. The normalized spacial score (nSPS) is 20.3. The Kier molecular flexibility index (Phi) is 9.63. The van der Waals surface area contributed by atoms with Crippen molar-refractivity contribution in [2.24, 2.45) is 5.92 Å². The summed E-state index contributed by atoms with van der Waals surface area (Å²) in [6, 6.07) is 17.2. The molecule has 1 aliphatic carbocycles. The van der Waals surface area contributed by atoms with Gasteiger partial charge in [0, 0.05) is 28.5 Å². The molecule has 1 atom stereocenters. The first-order valence-corrected chi connectivity index (χ1v) is 14.1. The van der Waals surface area contributed by atoms with E-state index < -0.39 is 0 Å². The SMILES string of the molecule is CC(CN(C)CC1(c2ccc(Cl)cc2)CCC1)CC1(c2ccc(Cl)cc2)SCCCS1.Cl. The molecule has 1 aliphatic heterocycles. The van der Waals surface area contributed by atoms with E-state index >= 15 is 0 Å². The Morgan fingerprint density at radius 2 is 1.41 bits per heavy atom. The molecule has 0 radical (unpaired) electrons. The van der Waals surface area contributed by atoms with Crippen LogP contribution in [0, 0.1) is 5.92 Å². The zero-order chi connectivity index (χ0) is 21.9. The molecule has 176 valence electrons. The fourth-order valence-electron chi connectivity index (χ4n) is 5.26. The van der Waals surface area contributed by atoms with Crippen molar-refractivity contribution in [3.05, 3.63) is 69.7 Å². The highest BCUT2D eigenvalue weighted by Gasteiger charge is 2.40. The van der Waals surface area contributed by atoms with Gasteiger partial charge in [-0.15, -0.1) is 35.9 Å². The minimum absolute atomic E-state index is 0. The second-order valence-electron chi connectivity index (χ2n) is 9.46. The van der Waals surface area contributed by atoms with Crippen LogP contribution in [0.4, 0.5) is 0 Å². The fourth-order valence-corrected chi connectivity index (χ4v) is 9.18. The first-order valence-electron chi connectivity index (χ1n) is 11.4. The maximum Gasteiger partial charge on any atom is 0.0863 e. The average Bonchev–Trinajstić information content (AvgIpc) is 2.72. The lowest BCUT2D eigenvalue weighted by Crippen LogP contribution is -2.45. The van der Waals surface area contributed by atoms with E-state index in [0.717, 1.165) is 23.1 Å². The van der Waals surface area contributed by atoms with Gasteiger partial charge in [0.15, 0.2) is 0 Å². The predicted octanol–water partition coefficient (Wildman–Crippen LogP) is 8.52. The molecule has 32 heavy (non-hydrogen) atoms. The molecule has 1 heterocycles. The zero-order valence-corrected chi connectivity index (χ0v) is 22.9. The largest absolute Gasteiger partial charge is 0.305 e. The van der Waals surface area contributed by atoms with Crippen molar-refractivity contribution in [2.75, 3.05) is 31.6 Å². The van der Waals surface area contributed by atoms with Crippen LogP contribution in [-0.2, 0) is 9.49 Å². The van der Waals surface area contributed by atoms with E-state index in [2.05, 4.69) is 78.8 Å². The van der Waals surface area contributed by atoms with Crippen molar-refractivity contribution in [3.63, 3.8) is 0 Å². The molecule has 2 fully saturated rings. The molecule has 0 spiro atoms. The van der Waals surface area contributed by atoms with E-state index in [-0.39, 0.29) is 16.5 Å². The molecular weight excluding hydrogens is 497 g/mol. The van der Waals surface area contributed by atoms with Gasteiger partial charge in [-0.2, -0.15) is 0 Å². The molecule has 0 bridgehead atoms. The van der Waals surface area contributed by atoms with Crippen LogP contribution in [0.25, 0.3) is 0 Å². The molecule has 0 amide bonds. The summed E-state index contributed by atoms with van der Waals surface area (Å²) in [7, 11) is 2.31. The quantitative estimate of drug-likeness (QED) is 0.337. The molecule has 1 nitrogen and oxygen atoms in total. The molecule has 1 saturated carbocycles. The van der Waals surface area contributed by atoms with Crippen molar-refractivity contribution in [3.8, 4) is 0 Å². The lowest BCUT2D eigenvalue weighted by molar-refractivity contribution is 0.146. The highest BCUT2D eigenvalue weighted by molar-refractivity contribution is 8.18. The van der Waals surface area contributed by atoms with E-state index in [1.165, 1.54) is 54.7 Å². The Morgan fingerprint density at radius 1 is 0.875 bits per heavy atom. The van der Waals surface area contributed by atoms with Crippen molar-refractivity contribution in [2.45, 2.75) is 48.5 Å². The predicted molar refractivity (Wildman–Crippen MR) is 148 cm³/mol. The van der Waals surface area contributed by atoms with Crippen molar-refractivity contribution < 1.29 is 0 Å². The van der Waals surface area contributed by atoms with Gasteiger partial charge < -0.3 is 4.90 Å². The van der Waals surface area contributed by atoms with E-state index in [0.29, 0.717) is 11.3 Å². The van der Waals surface area contributed by atoms with Gasteiger partial charge in [-0.3, -0.25) is 0 Å². The van der Waals surface area contributed by atoms with Gasteiger partial charge in [-0.1, -0.05) is 60.8 Å². The van der Waals surface area contributed by atoms with Crippen LogP contribution < -0.4 is 0 Å². The summed E-state index contributed by atoms with van der Waals surface area (Å²) in [5, 5.41) is 1.65. The Morgan fingerprint density at radius 3 is 1.91 bits per heavy atom. The minimum atomic E-state index is 0. The van der Waals surface area contributed by atoms with Gasteiger partial charge >= 0.3 is 0 Å². The van der Waals surface area contributed by atoms with Crippen LogP contribution in [0.15, 0.2) is 48.5 Å². The lowest BCUT2D eigenvalue weighted by atomic mass is 9.64. The van der Waals surface area contributed by atoms with Gasteiger partial charge in [-0.05, 0) is 85.5 Å². The van der Waals surface area contributed by atoms with Crippen molar-refractivity contribution >= 4 is 59.1 Å². The Balaban J connectivity index is 0.00000289. The number of hydrogen-bond acceptors (Lipinski definition) is 3. The minimum Gasteiger partial charge on any atom is -0.305 e. The van der Waals surface area contributed by atoms with Crippen LogP contribution in [0.3, 0.4) is 0 Å². The van der Waals surface area contributed by atoms with Crippen LogP contribution in [0.2, 0.25) is 10.0 Å². The molecule has 2 aromatic rings.